The van der Waals surface area contributed by atoms with E-state index in [1.54, 1.807) is 0 Å². The maximum Gasteiger partial charge on any atom is -0.0149 e. The van der Waals surface area contributed by atoms with Gasteiger partial charge in [0.05, 0.1) is 0 Å². The summed E-state index contributed by atoms with van der Waals surface area (Å²) in [6.45, 7) is 0. The average Bonchev–Trinajstić information content (AvgIpc) is 0. The Morgan fingerprint density at radius 1 is 1.00 bits per heavy atom. The molecule has 0 heterocycles. The molecule has 0 N–H and O–H groups in total. The molecule has 3 radical (unpaired) electrons. The maximum atomic E-state index is 0. The fourth-order valence-electron chi connectivity index (χ4n) is 0. The summed E-state index contributed by atoms with van der Waals surface area (Å²) >= 11 is 0. The Morgan fingerprint density at radius 2 is 1.00 bits per heavy atom. The third-order valence-electron chi connectivity index (χ3n) is 0. The van der Waals surface area contributed by atoms with E-state index in [4.69, 9.17) is 0 Å². The minimum absolute atomic E-state index is 0. The molecule has 4 heavy (non-hydrogen) atoms. The van der Waals surface area contributed by atoms with Crippen molar-refractivity contribution in [3.8, 4) is 0 Å². The van der Waals surface area contributed by atoms with Gasteiger partial charge >= 0.3 is 27.3 Å². The molecule has 0 aromatic carbocycles. The van der Waals surface area contributed by atoms with Gasteiger partial charge in [-0.3, -0.25) is 0 Å². The molecule has 0 aliphatic rings. The Morgan fingerprint density at radius 3 is 1.00 bits per heavy atom. The van der Waals surface area contributed by atoms with Crippen molar-refractivity contribution >= 4 is 38.3 Å². The molecular weight excluding hydrogens is 358 g/mol. The van der Waals surface area contributed by atoms with Gasteiger partial charge in [-0.15, -0.1) is 0 Å². The van der Waals surface area contributed by atoms with Gasteiger partial charge < -0.3 is 0 Å². The molecular formula is H6CuNiPbSi. The van der Waals surface area contributed by atoms with Crippen molar-refractivity contribution in [3.05, 3.63) is 0 Å². The van der Waals surface area contributed by atoms with E-state index in [0.29, 0.717) is 0 Å². The topological polar surface area (TPSA) is 0 Å². The third-order valence-corrected chi connectivity index (χ3v) is 0. The molecule has 0 spiro atoms. The van der Waals surface area contributed by atoms with Gasteiger partial charge in [-0.05, 0) is 11.0 Å². The minimum atomic E-state index is 0. The van der Waals surface area contributed by atoms with Crippen LogP contribution in [-0.4, -0.2) is 38.3 Å². The van der Waals surface area contributed by atoms with E-state index < -0.39 is 0 Å². The molecule has 4 heteroatoms. The summed E-state index contributed by atoms with van der Waals surface area (Å²) in [5.74, 6) is 0. The van der Waals surface area contributed by atoms with Crippen LogP contribution in [0.1, 0.15) is 0 Å². The van der Waals surface area contributed by atoms with E-state index in [-0.39, 0.29) is 71.8 Å². The van der Waals surface area contributed by atoms with Gasteiger partial charge in [-0.1, -0.05) is 0 Å². The van der Waals surface area contributed by atoms with E-state index >= 15 is 0 Å². The van der Waals surface area contributed by atoms with Crippen molar-refractivity contribution in [2.75, 3.05) is 0 Å². The van der Waals surface area contributed by atoms with Crippen LogP contribution in [0.4, 0.5) is 0 Å². The average molecular weight is 364 g/mol. The van der Waals surface area contributed by atoms with Gasteiger partial charge in [-0.2, -0.15) is 0 Å². The van der Waals surface area contributed by atoms with Crippen LogP contribution in [0.5, 0.6) is 0 Å². The summed E-state index contributed by atoms with van der Waals surface area (Å²) in [5, 5.41) is 0. The zero-order valence-electron chi connectivity index (χ0n) is 1.32. The van der Waals surface area contributed by atoms with Crippen LogP contribution in [0.15, 0.2) is 0 Å². The van der Waals surface area contributed by atoms with Crippen molar-refractivity contribution in [1.82, 2.24) is 0 Å². The molecule has 0 saturated heterocycles. The van der Waals surface area contributed by atoms with Crippen LogP contribution < -0.4 is 0 Å². The predicted octanol–water partition coefficient (Wildman–Crippen LogP) is -2.37. The van der Waals surface area contributed by atoms with Gasteiger partial charge in [0.2, 0.25) is 0 Å². The van der Waals surface area contributed by atoms with Crippen LogP contribution in [0, 0.1) is 0 Å². The van der Waals surface area contributed by atoms with Gasteiger partial charge in [0.15, 0.2) is 0 Å². The molecule has 0 unspecified atom stereocenters. The van der Waals surface area contributed by atoms with E-state index in [0.717, 1.165) is 0 Å². The third kappa shape index (κ3) is 8.91. The summed E-state index contributed by atoms with van der Waals surface area (Å²) in [7, 11) is 0. The molecule has 0 saturated carbocycles. The van der Waals surface area contributed by atoms with Crippen molar-refractivity contribution in [2.24, 2.45) is 0 Å². The second kappa shape index (κ2) is 19.2. The molecule has 0 amide bonds. The second-order valence-corrected chi connectivity index (χ2v) is 0. The molecule has 0 nitrogen and oxygen atoms in total. The number of hydrogen-bond donors (Lipinski definition) is 0. The van der Waals surface area contributed by atoms with E-state index in [1.165, 1.54) is 0 Å². The fourth-order valence-corrected chi connectivity index (χ4v) is 0. The molecule has 35 valence electrons. The maximum absolute atomic E-state index is 0. The van der Waals surface area contributed by atoms with Crippen LogP contribution in [0.2, 0.25) is 0 Å². The molecule has 0 rings (SSSR count). The molecule has 0 aliphatic carbocycles. The van der Waals surface area contributed by atoms with Crippen molar-refractivity contribution in [1.29, 1.82) is 0 Å². The normalized spacial score (nSPS) is 0. The molecule has 0 fully saturated rings. The number of hydrogen-bond acceptors (Lipinski definition) is 0. The Labute approximate surface area is 71.1 Å². The summed E-state index contributed by atoms with van der Waals surface area (Å²) in [6.07, 6.45) is 0. The SMILES string of the molecule is [Cu].[Ni].[PbH2].[SiH4]. The largest absolute Gasteiger partial charge is 0.0149 e. The zero-order valence-corrected chi connectivity index (χ0v) is 8.75. The van der Waals surface area contributed by atoms with Crippen molar-refractivity contribution in [3.63, 3.8) is 0 Å². The Balaban J connectivity index is 0. The van der Waals surface area contributed by atoms with Crippen LogP contribution in [0.3, 0.4) is 0 Å². The second-order valence-electron chi connectivity index (χ2n) is 0. The quantitative estimate of drug-likeness (QED) is 0.422. The first kappa shape index (κ1) is 35.3. The van der Waals surface area contributed by atoms with Gasteiger partial charge in [-0.25, -0.2) is 0 Å². The summed E-state index contributed by atoms with van der Waals surface area (Å²) in [5.41, 5.74) is 0. The first-order chi connectivity index (χ1) is 0. The standard InChI is InChI=1S/Cu.Ni.Pb.H4Si.2H/h;;;1H4;;. The molecule has 0 aromatic rings. The van der Waals surface area contributed by atoms with E-state index in [9.17, 15) is 0 Å². The number of rotatable bonds is 0. The predicted molar refractivity (Wildman–Crippen MR) is 19.9 cm³/mol. The Bertz CT molecular complexity index is 8.00. The zero-order chi connectivity index (χ0) is 0. The summed E-state index contributed by atoms with van der Waals surface area (Å²) in [6, 6.07) is 0. The summed E-state index contributed by atoms with van der Waals surface area (Å²) < 4.78 is 0. The monoisotopic (exact) mass is 363 g/mol. The summed E-state index contributed by atoms with van der Waals surface area (Å²) in [4.78, 5) is 0. The van der Waals surface area contributed by atoms with Gasteiger partial charge in [0.1, 0.15) is 0 Å². The minimum Gasteiger partial charge on any atom is -0.0149 e. The molecule has 0 aliphatic heterocycles. The van der Waals surface area contributed by atoms with Crippen LogP contribution in [-0.2, 0) is 33.6 Å². The van der Waals surface area contributed by atoms with Crippen molar-refractivity contribution < 1.29 is 33.6 Å². The Kier molecular flexibility index (Phi) is 169. The smallest absolute Gasteiger partial charge is 0.0149 e. The molecule has 0 atom stereocenters. The van der Waals surface area contributed by atoms with Gasteiger partial charge in [0, 0.05) is 33.6 Å². The van der Waals surface area contributed by atoms with E-state index in [1.807, 2.05) is 0 Å². The first-order valence-corrected chi connectivity index (χ1v) is 0. The molecule has 0 bridgehead atoms. The fraction of sp³-hybridized carbons (Fsp3) is 0. The van der Waals surface area contributed by atoms with Crippen molar-refractivity contribution in [2.45, 2.75) is 0 Å². The van der Waals surface area contributed by atoms with Crippen LogP contribution >= 0.6 is 0 Å². The van der Waals surface area contributed by atoms with Crippen LogP contribution in [0.25, 0.3) is 0 Å². The Hall–Kier alpha value is 2.15. The first-order valence-electron chi connectivity index (χ1n) is 0. The van der Waals surface area contributed by atoms with E-state index in [2.05, 4.69) is 0 Å². The van der Waals surface area contributed by atoms with Gasteiger partial charge in [0.25, 0.3) is 0 Å². The molecule has 0 aromatic heterocycles.